The maximum absolute atomic E-state index is 11.6. The van der Waals surface area contributed by atoms with Gasteiger partial charge in [0.05, 0.1) is 0 Å². The van der Waals surface area contributed by atoms with E-state index in [9.17, 15) is 4.79 Å². The molecule has 0 aliphatic heterocycles. The molecule has 0 atom stereocenters. The lowest BCUT2D eigenvalue weighted by atomic mass is 10.2. The van der Waals surface area contributed by atoms with Crippen LogP contribution in [0.3, 0.4) is 0 Å². The molecule has 0 aromatic heterocycles. The molecule has 0 radical (unpaired) electrons. The molecule has 110 valence electrons. The molecule has 4 heteroatoms. The third-order valence-electron chi connectivity index (χ3n) is 2.94. The summed E-state index contributed by atoms with van der Waals surface area (Å²) in [5.74, 6) is 1.12. The summed E-state index contributed by atoms with van der Waals surface area (Å²) in [6.07, 6.45) is 0. The van der Waals surface area contributed by atoms with E-state index in [1.165, 1.54) is 4.90 Å². The summed E-state index contributed by atoms with van der Waals surface area (Å²) >= 11 is 0. The van der Waals surface area contributed by atoms with Crippen molar-refractivity contribution >= 4 is 5.91 Å². The minimum atomic E-state index is -0.0899. The van der Waals surface area contributed by atoms with Crippen LogP contribution in [0, 0.1) is 0 Å². The van der Waals surface area contributed by atoms with Gasteiger partial charge in [0.2, 0.25) is 0 Å². The fourth-order valence-corrected chi connectivity index (χ4v) is 1.69. The molecule has 2 aromatic carbocycles. The van der Waals surface area contributed by atoms with Crippen molar-refractivity contribution in [3.05, 3.63) is 60.2 Å². The van der Waals surface area contributed by atoms with Gasteiger partial charge in [-0.1, -0.05) is 42.5 Å². The number of nitrogens with zero attached hydrogens (tertiary/aromatic N) is 1. The Balaban J connectivity index is 1.98. The fraction of sp³-hybridized carbons (Fsp3) is 0.235. The first-order valence-electron chi connectivity index (χ1n) is 6.75. The summed E-state index contributed by atoms with van der Waals surface area (Å²) in [6.45, 7) is 0.460. The topological polar surface area (TPSA) is 38.8 Å². The predicted molar refractivity (Wildman–Crippen MR) is 81.4 cm³/mol. The van der Waals surface area contributed by atoms with Gasteiger partial charge in [0.25, 0.3) is 5.91 Å². The zero-order valence-corrected chi connectivity index (χ0v) is 12.3. The summed E-state index contributed by atoms with van der Waals surface area (Å²) in [5.41, 5.74) is 1.08. The normalized spacial score (nSPS) is 10.0. The molecule has 21 heavy (non-hydrogen) atoms. The first-order valence-corrected chi connectivity index (χ1v) is 6.75. The molecular formula is C17H19NO3. The number of benzene rings is 2. The van der Waals surface area contributed by atoms with Crippen LogP contribution in [0.4, 0.5) is 0 Å². The van der Waals surface area contributed by atoms with E-state index < -0.39 is 0 Å². The number of rotatable bonds is 6. The number of amides is 1. The Kier molecular flexibility index (Phi) is 5.21. The van der Waals surface area contributed by atoms with Gasteiger partial charge in [-0.2, -0.15) is 0 Å². The van der Waals surface area contributed by atoms with Crippen LogP contribution in [-0.2, 0) is 11.4 Å². The maximum atomic E-state index is 11.6. The summed E-state index contributed by atoms with van der Waals surface area (Å²) < 4.78 is 11.3. The highest BCUT2D eigenvalue weighted by molar-refractivity contribution is 5.77. The van der Waals surface area contributed by atoms with E-state index in [4.69, 9.17) is 9.47 Å². The van der Waals surface area contributed by atoms with Crippen LogP contribution >= 0.6 is 0 Å². The third kappa shape index (κ3) is 4.53. The first-order chi connectivity index (χ1) is 10.2. The molecule has 0 N–H and O–H groups in total. The summed E-state index contributed by atoms with van der Waals surface area (Å²) in [7, 11) is 3.40. The molecule has 0 fully saturated rings. The number of ether oxygens (including phenoxy) is 2. The van der Waals surface area contributed by atoms with Crippen LogP contribution in [-0.4, -0.2) is 31.5 Å². The zero-order chi connectivity index (χ0) is 15.1. The molecule has 1 amide bonds. The number of hydrogen-bond donors (Lipinski definition) is 0. The zero-order valence-electron chi connectivity index (χ0n) is 12.3. The lowest BCUT2D eigenvalue weighted by Crippen LogP contribution is -2.27. The molecule has 0 heterocycles. The van der Waals surface area contributed by atoms with Gasteiger partial charge in [0, 0.05) is 14.1 Å². The Bertz CT molecular complexity index is 582. The minimum absolute atomic E-state index is 0.00128. The van der Waals surface area contributed by atoms with E-state index in [-0.39, 0.29) is 12.5 Å². The number of hydrogen-bond acceptors (Lipinski definition) is 3. The molecule has 0 spiro atoms. The van der Waals surface area contributed by atoms with Crippen LogP contribution in [0.15, 0.2) is 54.6 Å². The summed E-state index contributed by atoms with van der Waals surface area (Å²) in [6, 6.07) is 17.3. The Morgan fingerprint density at radius 3 is 2.10 bits per heavy atom. The standard InChI is InChI=1S/C17H19NO3/c1-18(2)17(19)13-21-16-11-7-6-10-15(16)20-12-14-8-4-3-5-9-14/h3-11H,12-13H2,1-2H3. The molecular weight excluding hydrogens is 266 g/mol. The van der Waals surface area contributed by atoms with Crippen molar-refractivity contribution < 1.29 is 14.3 Å². The lowest BCUT2D eigenvalue weighted by Gasteiger charge is -2.14. The van der Waals surface area contributed by atoms with Crippen molar-refractivity contribution in [2.24, 2.45) is 0 Å². The van der Waals surface area contributed by atoms with Crippen molar-refractivity contribution in [2.75, 3.05) is 20.7 Å². The highest BCUT2D eigenvalue weighted by atomic mass is 16.5. The first kappa shape index (κ1) is 14.9. The molecule has 2 aromatic rings. The summed E-state index contributed by atoms with van der Waals surface area (Å²) in [5, 5.41) is 0. The second-order valence-corrected chi connectivity index (χ2v) is 4.80. The van der Waals surface area contributed by atoms with Gasteiger partial charge in [-0.25, -0.2) is 0 Å². The Morgan fingerprint density at radius 1 is 0.905 bits per heavy atom. The van der Waals surface area contributed by atoms with Crippen LogP contribution in [0.25, 0.3) is 0 Å². The number of para-hydroxylation sites is 2. The van der Waals surface area contributed by atoms with E-state index in [2.05, 4.69) is 0 Å². The Hall–Kier alpha value is -2.49. The smallest absolute Gasteiger partial charge is 0.259 e. The molecule has 0 aliphatic carbocycles. The largest absolute Gasteiger partial charge is 0.485 e. The minimum Gasteiger partial charge on any atom is -0.485 e. The highest BCUT2D eigenvalue weighted by Crippen LogP contribution is 2.27. The van der Waals surface area contributed by atoms with Gasteiger partial charge in [0.1, 0.15) is 6.61 Å². The van der Waals surface area contributed by atoms with Gasteiger partial charge in [0.15, 0.2) is 18.1 Å². The molecule has 0 bridgehead atoms. The number of likely N-dealkylation sites (N-methyl/N-ethyl adjacent to an activating group) is 1. The van der Waals surface area contributed by atoms with E-state index in [0.29, 0.717) is 18.1 Å². The van der Waals surface area contributed by atoms with Crippen LogP contribution < -0.4 is 9.47 Å². The summed E-state index contributed by atoms with van der Waals surface area (Å²) in [4.78, 5) is 13.1. The van der Waals surface area contributed by atoms with Crippen molar-refractivity contribution in [1.29, 1.82) is 0 Å². The van der Waals surface area contributed by atoms with E-state index in [0.717, 1.165) is 5.56 Å². The molecule has 0 unspecified atom stereocenters. The third-order valence-corrected chi connectivity index (χ3v) is 2.94. The van der Waals surface area contributed by atoms with Gasteiger partial charge >= 0.3 is 0 Å². The van der Waals surface area contributed by atoms with Gasteiger partial charge < -0.3 is 14.4 Å². The van der Waals surface area contributed by atoms with E-state index >= 15 is 0 Å². The Morgan fingerprint density at radius 2 is 1.48 bits per heavy atom. The molecule has 4 nitrogen and oxygen atoms in total. The van der Waals surface area contributed by atoms with Gasteiger partial charge in [-0.3, -0.25) is 4.79 Å². The van der Waals surface area contributed by atoms with E-state index in [1.54, 1.807) is 20.2 Å². The molecule has 0 saturated carbocycles. The second-order valence-electron chi connectivity index (χ2n) is 4.80. The monoisotopic (exact) mass is 285 g/mol. The van der Waals surface area contributed by atoms with Crippen molar-refractivity contribution in [1.82, 2.24) is 4.90 Å². The van der Waals surface area contributed by atoms with Crippen molar-refractivity contribution in [3.8, 4) is 11.5 Å². The lowest BCUT2D eigenvalue weighted by molar-refractivity contribution is -0.130. The van der Waals surface area contributed by atoms with Crippen LogP contribution in [0.2, 0.25) is 0 Å². The fourth-order valence-electron chi connectivity index (χ4n) is 1.69. The molecule has 0 saturated heterocycles. The van der Waals surface area contributed by atoms with Gasteiger partial charge in [-0.15, -0.1) is 0 Å². The van der Waals surface area contributed by atoms with Crippen LogP contribution in [0.1, 0.15) is 5.56 Å². The molecule has 2 rings (SSSR count). The van der Waals surface area contributed by atoms with Crippen molar-refractivity contribution in [3.63, 3.8) is 0 Å². The Labute approximate surface area is 124 Å². The number of carbonyl (C=O) groups excluding carboxylic acids is 1. The average Bonchev–Trinajstić information content (AvgIpc) is 2.52. The van der Waals surface area contributed by atoms with Crippen LogP contribution in [0.5, 0.6) is 11.5 Å². The highest BCUT2D eigenvalue weighted by Gasteiger charge is 2.09. The van der Waals surface area contributed by atoms with Crippen molar-refractivity contribution in [2.45, 2.75) is 6.61 Å². The van der Waals surface area contributed by atoms with Gasteiger partial charge in [-0.05, 0) is 17.7 Å². The average molecular weight is 285 g/mol. The SMILES string of the molecule is CN(C)C(=O)COc1ccccc1OCc1ccccc1. The second kappa shape index (κ2) is 7.33. The predicted octanol–water partition coefficient (Wildman–Crippen LogP) is 2.73. The van der Waals surface area contributed by atoms with E-state index in [1.807, 2.05) is 48.5 Å². The maximum Gasteiger partial charge on any atom is 0.259 e. The number of carbonyl (C=O) groups is 1. The quantitative estimate of drug-likeness (QED) is 0.819. The molecule has 0 aliphatic rings.